The van der Waals surface area contributed by atoms with Crippen LogP contribution in [-0.4, -0.2) is 11.7 Å². The molecule has 0 aliphatic heterocycles. The van der Waals surface area contributed by atoms with E-state index in [4.69, 9.17) is 11.6 Å². The van der Waals surface area contributed by atoms with Crippen LogP contribution >= 0.6 is 27.5 Å². The quantitative estimate of drug-likeness (QED) is 0.770. The van der Waals surface area contributed by atoms with Gasteiger partial charge in [-0.3, -0.25) is 4.79 Å². The second-order valence-electron chi connectivity index (χ2n) is 3.12. The lowest BCUT2D eigenvalue weighted by atomic mass is 10.0. The molecule has 0 aromatic heterocycles. The number of ketones is 1. The monoisotopic (exact) mass is 274 g/mol. The summed E-state index contributed by atoms with van der Waals surface area (Å²) in [5, 5.41) is 0. The Morgan fingerprint density at radius 3 is 2.71 bits per heavy atom. The fraction of sp³-hybridized carbons (Fsp3) is 0.364. The lowest BCUT2D eigenvalue weighted by Gasteiger charge is -2.06. The molecule has 1 aromatic carbocycles. The molecule has 0 radical (unpaired) electrons. The SMILES string of the molecule is CCc1ccc(Br)cc1CC(=O)CCl. The Bertz CT molecular complexity index is 336. The van der Waals surface area contributed by atoms with Crippen molar-refractivity contribution in [3.63, 3.8) is 0 Å². The van der Waals surface area contributed by atoms with E-state index in [-0.39, 0.29) is 11.7 Å². The summed E-state index contributed by atoms with van der Waals surface area (Å²) < 4.78 is 1.01. The Kier molecular flexibility index (Phi) is 4.63. The van der Waals surface area contributed by atoms with Gasteiger partial charge in [0, 0.05) is 10.9 Å². The third kappa shape index (κ3) is 3.10. The predicted molar refractivity (Wildman–Crippen MR) is 63.0 cm³/mol. The summed E-state index contributed by atoms with van der Waals surface area (Å²) in [6.07, 6.45) is 1.38. The standard InChI is InChI=1S/C11H12BrClO/c1-2-8-3-4-10(12)5-9(8)6-11(14)7-13/h3-5H,2,6-7H2,1H3. The smallest absolute Gasteiger partial charge is 0.151 e. The first-order valence-corrected chi connectivity index (χ1v) is 5.85. The Morgan fingerprint density at radius 2 is 2.14 bits per heavy atom. The molecule has 1 aromatic rings. The van der Waals surface area contributed by atoms with E-state index in [9.17, 15) is 4.79 Å². The van der Waals surface area contributed by atoms with E-state index >= 15 is 0 Å². The molecule has 0 saturated heterocycles. The van der Waals surface area contributed by atoms with Crippen molar-refractivity contribution in [2.45, 2.75) is 19.8 Å². The minimum absolute atomic E-state index is 0.0690. The van der Waals surface area contributed by atoms with Gasteiger partial charge in [-0.15, -0.1) is 11.6 Å². The van der Waals surface area contributed by atoms with Crippen LogP contribution in [0.25, 0.3) is 0 Å². The number of carbonyl (C=O) groups excluding carboxylic acids is 1. The van der Waals surface area contributed by atoms with Gasteiger partial charge < -0.3 is 0 Å². The Hall–Kier alpha value is -0.340. The highest BCUT2D eigenvalue weighted by Gasteiger charge is 2.06. The molecular weight excluding hydrogens is 263 g/mol. The lowest BCUT2D eigenvalue weighted by Crippen LogP contribution is -2.06. The summed E-state index contributed by atoms with van der Waals surface area (Å²) in [6, 6.07) is 6.03. The lowest BCUT2D eigenvalue weighted by molar-refractivity contribution is -0.116. The molecule has 14 heavy (non-hydrogen) atoms. The van der Waals surface area contributed by atoms with Gasteiger partial charge in [-0.2, -0.15) is 0 Å². The van der Waals surface area contributed by atoms with Gasteiger partial charge in [0.2, 0.25) is 0 Å². The van der Waals surface area contributed by atoms with Crippen LogP contribution in [-0.2, 0) is 17.6 Å². The predicted octanol–water partition coefficient (Wildman–Crippen LogP) is 3.36. The summed E-state index contributed by atoms with van der Waals surface area (Å²) in [7, 11) is 0. The average Bonchev–Trinajstić information content (AvgIpc) is 2.18. The summed E-state index contributed by atoms with van der Waals surface area (Å²) in [4.78, 5) is 11.2. The van der Waals surface area contributed by atoms with Crippen LogP contribution in [0.5, 0.6) is 0 Å². The number of Topliss-reactive ketones (excluding diaryl/α,β-unsaturated/α-hetero) is 1. The molecule has 0 bridgehead atoms. The molecule has 0 spiro atoms. The molecule has 0 heterocycles. The molecule has 0 saturated carbocycles. The van der Waals surface area contributed by atoms with E-state index in [1.165, 1.54) is 5.56 Å². The van der Waals surface area contributed by atoms with Crippen molar-refractivity contribution in [3.8, 4) is 0 Å². The molecule has 0 aliphatic rings. The molecule has 0 atom stereocenters. The van der Waals surface area contributed by atoms with Crippen molar-refractivity contribution in [1.29, 1.82) is 0 Å². The average molecular weight is 276 g/mol. The van der Waals surface area contributed by atoms with Gasteiger partial charge in [0.25, 0.3) is 0 Å². The van der Waals surface area contributed by atoms with E-state index in [0.717, 1.165) is 16.5 Å². The maximum atomic E-state index is 11.2. The molecule has 3 heteroatoms. The van der Waals surface area contributed by atoms with Crippen molar-refractivity contribution in [2.24, 2.45) is 0 Å². The third-order valence-corrected chi connectivity index (χ3v) is 2.88. The molecule has 1 nitrogen and oxygen atoms in total. The first-order valence-electron chi connectivity index (χ1n) is 4.52. The van der Waals surface area contributed by atoms with Gasteiger partial charge in [0.05, 0.1) is 5.88 Å². The number of alkyl halides is 1. The minimum atomic E-state index is 0.0690. The fourth-order valence-corrected chi connectivity index (χ4v) is 1.87. The number of halogens is 2. The molecule has 0 aliphatic carbocycles. The van der Waals surface area contributed by atoms with Gasteiger partial charge in [-0.1, -0.05) is 28.9 Å². The summed E-state index contributed by atoms with van der Waals surface area (Å²) in [5.41, 5.74) is 2.29. The maximum absolute atomic E-state index is 11.2. The Balaban J connectivity index is 2.93. The van der Waals surface area contributed by atoms with E-state index in [1.807, 2.05) is 18.2 Å². The number of carbonyl (C=O) groups is 1. The molecule has 0 N–H and O–H groups in total. The van der Waals surface area contributed by atoms with Crippen molar-refractivity contribution < 1.29 is 4.79 Å². The van der Waals surface area contributed by atoms with Crippen molar-refractivity contribution >= 4 is 33.3 Å². The molecular formula is C11H12BrClO. The molecule has 0 fully saturated rings. The topological polar surface area (TPSA) is 17.1 Å². The van der Waals surface area contributed by atoms with E-state index in [0.29, 0.717) is 6.42 Å². The minimum Gasteiger partial charge on any atom is -0.298 e. The zero-order chi connectivity index (χ0) is 10.6. The number of benzene rings is 1. The summed E-state index contributed by atoms with van der Waals surface area (Å²) >= 11 is 8.87. The Morgan fingerprint density at radius 1 is 1.43 bits per heavy atom. The van der Waals surface area contributed by atoms with Crippen molar-refractivity contribution in [2.75, 3.05) is 5.88 Å². The Labute approximate surface area is 97.6 Å². The van der Waals surface area contributed by atoms with Crippen LogP contribution in [0.4, 0.5) is 0 Å². The van der Waals surface area contributed by atoms with Crippen LogP contribution in [0, 0.1) is 0 Å². The number of hydrogen-bond acceptors (Lipinski definition) is 1. The van der Waals surface area contributed by atoms with Gasteiger partial charge in [-0.05, 0) is 29.7 Å². The van der Waals surface area contributed by atoms with Crippen LogP contribution in [0.3, 0.4) is 0 Å². The zero-order valence-electron chi connectivity index (χ0n) is 8.02. The van der Waals surface area contributed by atoms with E-state index in [2.05, 4.69) is 22.9 Å². The number of aryl methyl sites for hydroxylation is 1. The highest BCUT2D eigenvalue weighted by atomic mass is 79.9. The first-order chi connectivity index (χ1) is 6.67. The highest BCUT2D eigenvalue weighted by Crippen LogP contribution is 2.18. The number of hydrogen-bond donors (Lipinski definition) is 0. The second-order valence-corrected chi connectivity index (χ2v) is 4.30. The summed E-state index contributed by atoms with van der Waals surface area (Å²) in [5.74, 6) is 0.162. The molecule has 0 unspecified atom stereocenters. The zero-order valence-corrected chi connectivity index (χ0v) is 10.4. The first kappa shape index (κ1) is 11.7. The van der Waals surface area contributed by atoms with Crippen molar-refractivity contribution in [1.82, 2.24) is 0 Å². The van der Waals surface area contributed by atoms with Crippen LogP contribution in [0.15, 0.2) is 22.7 Å². The fourth-order valence-electron chi connectivity index (χ4n) is 1.36. The van der Waals surface area contributed by atoms with Crippen LogP contribution in [0.2, 0.25) is 0 Å². The molecule has 0 amide bonds. The third-order valence-electron chi connectivity index (χ3n) is 2.09. The summed E-state index contributed by atoms with van der Waals surface area (Å²) in [6.45, 7) is 2.08. The van der Waals surface area contributed by atoms with E-state index in [1.54, 1.807) is 0 Å². The highest BCUT2D eigenvalue weighted by molar-refractivity contribution is 9.10. The van der Waals surface area contributed by atoms with Crippen LogP contribution < -0.4 is 0 Å². The normalized spacial score (nSPS) is 10.2. The van der Waals surface area contributed by atoms with Crippen molar-refractivity contribution in [3.05, 3.63) is 33.8 Å². The van der Waals surface area contributed by atoms with Gasteiger partial charge in [0.15, 0.2) is 5.78 Å². The van der Waals surface area contributed by atoms with Gasteiger partial charge in [-0.25, -0.2) is 0 Å². The van der Waals surface area contributed by atoms with E-state index < -0.39 is 0 Å². The number of rotatable bonds is 4. The molecule has 1 rings (SSSR count). The second kappa shape index (κ2) is 5.52. The molecule has 76 valence electrons. The maximum Gasteiger partial charge on any atom is 0.151 e. The van der Waals surface area contributed by atoms with Crippen LogP contribution in [0.1, 0.15) is 18.1 Å². The van der Waals surface area contributed by atoms with Gasteiger partial charge in [0.1, 0.15) is 0 Å². The van der Waals surface area contributed by atoms with Gasteiger partial charge >= 0.3 is 0 Å². The largest absolute Gasteiger partial charge is 0.298 e.